The van der Waals surface area contributed by atoms with Gasteiger partial charge in [0.05, 0.1) is 5.56 Å². The zero-order chi connectivity index (χ0) is 21.1. The molecule has 0 radical (unpaired) electrons. The molecule has 30 heavy (non-hydrogen) atoms. The summed E-state index contributed by atoms with van der Waals surface area (Å²) in [7, 11) is 0. The summed E-state index contributed by atoms with van der Waals surface area (Å²) in [6, 6.07) is 12.4. The van der Waals surface area contributed by atoms with E-state index in [9.17, 15) is 18.0 Å². The summed E-state index contributed by atoms with van der Waals surface area (Å²) in [6.07, 6.45) is 1.60. The van der Waals surface area contributed by atoms with Gasteiger partial charge in [-0.1, -0.05) is 30.3 Å². The van der Waals surface area contributed by atoms with E-state index in [0.29, 0.717) is 17.1 Å². The highest BCUT2D eigenvalue weighted by molar-refractivity contribution is 5.80. The lowest BCUT2D eigenvalue weighted by molar-refractivity contribution is -0.137. The van der Waals surface area contributed by atoms with Gasteiger partial charge in [0.2, 0.25) is 5.95 Å². The third-order valence-corrected chi connectivity index (χ3v) is 5.53. The molecular formula is C23H20F3N3O. The number of hydrogen-bond donors (Lipinski definition) is 0. The second-order valence-corrected chi connectivity index (χ2v) is 7.35. The van der Waals surface area contributed by atoms with E-state index in [0.717, 1.165) is 55.5 Å². The first-order valence-electron chi connectivity index (χ1n) is 9.74. The van der Waals surface area contributed by atoms with Crippen LogP contribution in [0.5, 0.6) is 0 Å². The molecule has 3 aromatic rings. The third-order valence-electron chi connectivity index (χ3n) is 5.53. The number of nitrogens with zero attached hydrogens (tertiary/aromatic N) is 3. The van der Waals surface area contributed by atoms with E-state index in [1.54, 1.807) is 30.6 Å². The van der Waals surface area contributed by atoms with E-state index in [1.807, 2.05) is 6.07 Å². The van der Waals surface area contributed by atoms with Crippen LogP contribution in [0.15, 0.2) is 60.9 Å². The molecule has 2 aromatic carbocycles. The lowest BCUT2D eigenvalue weighted by atomic mass is 9.85. The number of halogens is 3. The number of aromatic nitrogens is 2. The van der Waals surface area contributed by atoms with Crippen molar-refractivity contribution in [2.24, 2.45) is 0 Å². The van der Waals surface area contributed by atoms with Crippen molar-refractivity contribution in [1.82, 2.24) is 9.97 Å². The van der Waals surface area contributed by atoms with Gasteiger partial charge < -0.3 is 4.90 Å². The van der Waals surface area contributed by atoms with Crippen LogP contribution < -0.4 is 4.90 Å². The number of anilines is 1. The topological polar surface area (TPSA) is 46.1 Å². The minimum atomic E-state index is -4.36. The molecule has 0 aliphatic carbocycles. The fraction of sp³-hybridized carbons (Fsp3) is 0.261. The third kappa shape index (κ3) is 4.20. The molecule has 0 N–H and O–H groups in total. The van der Waals surface area contributed by atoms with Gasteiger partial charge in [-0.05, 0) is 53.6 Å². The van der Waals surface area contributed by atoms with Crippen molar-refractivity contribution in [3.63, 3.8) is 0 Å². The first-order chi connectivity index (χ1) is 14.5. The lowest BCUT2D eigenvalue weighted by Crippen LogP contribution is -2.34. The van der Waals surface area contributed by atoms with Gasteiger partial charge in [0.1, 0.15) is 6.29 Å². The Balaban J connectivity index is 1.56. The molecule has 1 aliphatic heterocycles. The molecule has 1 aliphatic rings. The number of carbonyl (C=O) groups excluding carboxylic acids is 1. The van der Waals surface area contributed by atoms with Crippen molar-refractivity contribution < 1.29 is 18.0 Å². The maximum absolute atomic E-state index is 12.8. The van der Waals surface area contributed by atoms with Gasteiger partial charge in [0.25, 0.3) is 0 Å². The van der Waals surface area contributed by atoms with E-state index in [1.165, 1.54) is 12.1 Å². The summed E-state index contributed by atoms with van der Waals surface area (Å²) < 4.78 is 38.5. The molecule has 4 nitrogen and oxygen atoms in total. The Bertz CT molecular complexity index is 1010. The lowest BCUT2D eigenvalue weighted by Gasteiger charge is -2.32. The number of hydrogen-bond acceptors (Lipinski definition) is 4. The molecular weight excluding hydrogens is 391 g/mol. The zero-order valence-electron chi connectivity index (χ0n) is 16.1. The Kier molecular flexibility index (Phi) is 5.53. The van der Waals surface area contributed by atoms with Crippen molar-refractivity contribution in [1.29, 1.82) is 0 Å². The van der Waals surface area contributed by atoms with Gasteiger partial charge in [-0.25, -0.2) is 9.97 Å². The highest BCUT2D eigenvalue weighted by atomic mass is 19.4. The van der Waals surface area contributed by atoms with Gasteiger partial charge >= 0.3 is 6.18 Å². The van der Waals surface area contributed by atoms with Crippen LogP contribution in [0.1, 0.15) is 40.2 Å². The van der Waals surface area contributed by atoms with E-state index >= 15 is 0 Å². The van der Waals surface area contributed by atoms with Crippen LogP contribution in [-0.4, -0.2) is 29.3 Å². The molecule has 0 spiro atoms. The molecule has 0 saturated carbocycles. The van der Waals surface area contributed by atoms with Crippen LogP contribution in [0.2, 0.25) is 0 Å². The normalized spacial score (nSPS) is 15.2. The van der Waals surface area contributed by atoms with Crippen LogP contribution in [0.25, 0.3) is 11.1 Å². The molecule has 7 heteroatoms. The Hall–Kier alpha value is -3.22. The Morgan fingerprint density at radius 3 is 2.17 bits per heavy atom. The Labute approximate surface area is 172 Å². The van der Waals surface area contributed by atoms with Crippen LogP contribution in [-0.2, 0) is 6.18 Å². The van der Waals surface area contributed by atoms with Gasteiger partial charge in [-0.3, -0.25) is 4.79 Å². The molecule has 2 heterocycles. The first kappa shape index (κ1) is 20.1. The number of rotatable bonds is 4. The molecule has 0 atom stereocenters. The molecule has 0 amide bonds. The Morgan fingerprint density at radius 2 is 1.57 bits per heavy atom. The smallest absolute Gasteiger partial charge is 0.341 e. The van der Waals surface area contributed by atoms with Gasteiger partial charge in [-0.2, -0.15) is 13.2 Å². The summed E-state index contributed by atoms with van der Waals surface area (Å²) >= 11 is 0. The summed E-state index contributed by atoms with van der Waals surface area (Å²) in [6.45, 7) is 1.55. The standard InChI is InChI=1S/C23H20F3N3O/c24-23(25,26)20-6-4-16(5-7-20)18-2-3-19(15-30)21(14-18)17-8-12-29(13-9-17)22-27-10-1-11-28-22/h1-7,10-11,14-15,17H,8-9,12-13H2. The molecule has 0 unspecified atom stereocenters. The number of piperidine rings is 1. The summed E-state index contributed by atoms with van der Waals surface area (Å²) in [5.74, 6) is 0.893. The average Bonchev–Trinajstić information content (AvgIpc) is 2.79. The Morgan fingerprint density at radius 1 is 0.933 bits per heavy atom. The predicted molar refractivity (Wildman–Crippen MR) is 108 cm³/mol. The summed E-state index contributed by atoms with van der Waals surface area (Å²) in [5.41, 5.74) is 2.39. The van der Waals surface area contributed by atoms with E-state index < -0.39 is 11.7 Å². The number of alkyl halides is 3. The largest absolute Gasteiger partial charge is 0.416 e. The van der Waals surface area contributed by atoms with Gasteiger partial charge in [0, 0.05) is 31.0 Å². The average molecular weight is 411 g/mol. The zero-order valence-corrected chi connectivity index (χ0v) is 16.1. The summed E-state index contributed by atoms with van der Waals surface area (Å²) in [5, 5.41) is 0. The van der Waals surface area contributed by atoms with Crippen molar-refractivity contribution in [3.05, 3.63) is 77.6 Å². The van der Waals surface area contributed by atoms with Crippen molar-refractivity contribution in [2.75, 3.05) is 18.0 Å². The fourth-order valence-electron chi connectivity index (χ4n) is 3.91. The monoisotopic (exact) mass is 411 g/mol. The van der Waals surface area contributed by atoms with E-state index in [-0.39, 0.29) is 5.92 Å². The molecule has 4 rings (SSSR count). The molecule has 1 fully saturated rings. The van der Waals surface area contributed by atoms with Crippen LogP contribution in [0.3, 0.4) is 0 Å². The van der Waals surface area contributed by atoms with Crippen molar-refractivity contribution in [3.8, 4) is 11.1 Å². The molecule has 0 bridgehead atoms. The van der Waals surface area contributed by atoms with Crippen molar-refractivity contribution >= 4 is 12.2 Å². The molecule has 154 valence electrons. The van der Waals surface area contributed by atoms with Crippen LogP contribution in [0.4, 0.5) is 19.1 Å². The van der Waals surface area contributed by atoms with Crippen molar-refractivity contribution in [2.45, 2.75) is 24.9 Å². The summed E-state index contributed by atoms with van der Waals surface area (Å²) in [4.78, 5) is 22.3. The van der Waals surface area contributed by atoms with E-state index in [4.69, 9.17) is 0 Å². The highest BCUT2D eigenvalue weighted by Crippen LogP contribution is 2.35. The number of benzene rings is 2. The number of aldehydes is 1. The minimum absolute atomic E-state index is 0.194. The minimum Gasteiger partial charge on any atom is -0.341 e. The maximum atomic E-state index is 12.8. The SMILES string of the molecule is O=Cc1ccc(-c2ccc(C(F)(F)F)cc2)cc1C1CCN(c2ncccn2)CC1. The van der Waals surface area contributed by atoms with Gasteiger partial charge in [0.15, 0.2) is 0 Å². The van der Waals surface area contributed by atoms with Crippen LogP contribution in [0, 0.1) is 0 Å². The molecule has 1 aromatic heterocycles. The second kappa shape index (κ2) is 8.26. The van der Waals surface area contributed by atoms with Crippen LogP contribution >= 0.6 is 0 Å². The highest BCUT2D eigenvalue weighted by Gasteiger charge is 2.30. The van der Waals surface area contributed by atoms with E-state index in [2.05, 4.69) is 14.9 Å². The predicted octanol–water partition coefficient (Wildman–Crippen LogP) is 5.36. The quantitative estimate of drug-likeness (QED) is 0.543. The maximum Gasteiger partial charge on any atom is 0.416 e. The molecule has 1 saturated heterocycles. The number of carbonyl (C=O) groups is 1. The second-order valence-electron chi connectivity index (χ2n) is 7.35. The first-order valence-corrected chi connectivity index (χ1v) is 9.74. The van der Waals surface area contributed by atoms with Gasteiger partial charge in [-0.15, -0.1) is 0 Å². The fourth-order valence-corrected chi connectivity index (χ4v) is 3.91.